The largest absolute Gasteiger partial charge is 0.493 e. The molecule has 0 radical (unpaired) electrons. The van der Waals surface area contributed by atoms with Crippen molar-refractivity contribution in [1.82, 2.24) is 9.80 Å². The van der Waals surface area contributed by atoms with Crippen molar-refractivity contribution in [2.24, 2.45) is 0 Å². The fourth-order valence-corrected chi connectivity index (χ4v) is 3.05. The molecule has 0 atom stereocenters. The summed E-state index contributed by atoms with van der Waals surface area (Å²) in [4.78, 5) is 16.6. The predicted molar refractivity (Wildman–Crippen MR) is 107 cm³/mol. The van der Waals surface area contributed by atoms with Crippen LogP contribution in [0.2, 0.25) is 0 Å². The maximum Gasteiger partial charge on any atom is 0.260 e. The first kappa shape index (κ1) is 19.0. The summed E-state index contributed by atoms with van der Waals surface area (Å²) in [5.41, 5.74) is 1.21. The van der Waals surface area contributed by atoms with Gasteiger partial charge in [-0.05, 0) is 17.7 Å². The Hall–Kier alpha value is -2.79. The van der Waals surface area contributed by atoms with Crippen molar-refractivity contribution < 1.29 is 14.3 Å². The second-order valence-electron chi connectivity index (χ2n) is 6.43. The fourth-order valence-electron chi connectivity index (χ4n) is 3.05. The molecule has 0 saturated carbocycles. The number of hydrogen-bond donors (Lipinski definition) is 0. The molecule has 0 bridgehead atoms. The van der Waals surface area contributed by atoms with Crippen LogP contribution in [0.3, 0.4) is 0 Å². The second kappa shape index (κ2) is 9.78. The first-order chi connectivity index (χ1) is 13.3. The van der Waals surface area contributed by atoms with Gasteiger partial charge in [0.25, 0.3) is 5.91 Å². The molecule has 5 heteroatoms. The molecule has 3 rings (SSSR count). The number of nitrogens with zero attached hydrogens (tertiary/aromatic N) is 2. The number of methoxy groups -OCH3 is 1. The molecule has 1 fully saturated rings. The van der Waals surface area contributed by atoms with Crippen molar-refractivity contribution in [2.45, 2.75) is 0 Å². The standard InChI is InChI=1S/C22H26N2O3/c1-26-20-11-5-6-12-21(20)27-18-22(25)24-16-14-23(15-17-24)13-7-10-19-8-3-2-4-9-19/h2-12H,13-18H2,1H3/b10-7+. The van der Waals surface area contributed by atoms with Crippen molar-refractivity contribution >= 4 is 12.0 Å². The van der Waals surface area contributed by atoms with E-state index in [-0.39, 0.29) is 12.5 Å². The van der Waals surface area contributed by atoms with E-state index in [9.17, 15) is 4.79 Å². The van der Waals surface area contributed by atoms with Crippen molar-refractivity contribution in [3.05, 3.63) is 66.2 Å². The van der Waals surface area contributed by atoms with Crippen LogP contribution in [0.1, 0.15) is 5.56 Å². The Kier molecular flexibility index (Phi) is 6.88. The Morgan fingerprint density at radius 1 is 0.963 bits per heavy atom. The number of para-hydroxylation sites is 2. The molecule has 1 aliphatic heterocycles. The number of amides is 1. The van der Waals surface area contributed by atoms with Crippen molar-refractivity contribution in [1.29, 1.82) is 0 Å². The van der Waals surface area contributed by atoms with E-state index in [2.05, 4.69) is 29.2 Å². The summed E-state index contributed by atoms with van der Waals surface area (Å²) < 4.78 is 10.9. The summed E-state index contributed by atoms with van der Waals surface area (Å²) in [5.74, 6) is 1.25. The number of carbonyl (C=O) groups is 1. The Balaban J connectivity index is 1.40. The number of ether oxygens (including phenoxy) is 2. The molecule has 1 heterocycles. The van der Waals surface area contributed by atoms with E-state index in [0.29, 0.717) is 11.5 Å². The lowest BCUT2D eigenvalue weighted by Crippen LogP contribution is -2.49. The number of hydrogen-bond acceptors (Lipinski definition) is 4. The average Bonchev–Trinajstić information content (AvgIpc) is 2.73. The third kappa shape index (κ3) is 5.59. The van der Waals surface area contributed by atoms with Gasteiger partial charge in [-0.2, -0.15) is 0 Å². The minimum absolute atomic E-state index is 0.0142. The number of piperazine rings is 1. The van der Waals surface area contributed by atoms with Gasteiger partial charge < -0.3 is 14.4 Å². The maximum atomic E-state index is 12.4. The molecule has 0 N–H and O–H groups in total. The van der Waals surface area contributed by atoms with Crippen LogP contribution >= 0.6 is 0 Å². The number of rotatable bonds is 7. The highest BCUT2D eigenvalue weighted by molar-refractivity contribution is 5.78. The normalized spacial score (nSPS) is 15.1. The first-order valence-electron chi connectivity index (χ1n) is 9.24. The van der Waals surface area contributed by atoms with Crippen molar-refractivity contribution in [3.63, 3.8) is 0 Å². The van der Waals surface area contributed by atoms with Gasteiger partial charge in [0.05, 0.1) is 7.11 Å². The van der Waals surface area contributed by atoms with Crippen LogP contribution in [0.15, 0.2) is 60.7 Å². The Morgan fingerprint density at radius 3 is 2.33 bits per heavy atom. The SMILES string of the molecule is COc1ccccc1OCC(=O)N1CCN(C/C=C/c2ccccc2)CC1. The van der Waals surface area contributed by atoms with Crippen LogP contribution in [-0.2, 0) is 4.79 Å². The molecular formula is C22H26N2O3. The molecule has 5 nitrogen and oxygen atoms in total. The minimum Gasteiger partial charge on any atom is -0.493 e. The van der Waals surface area contributed by atoms with Crippen LogP contribution < -0.4 is 9.47 Å². The third-order valence-corrected chi connectivity index (χ3v) is 4.62. The van der Waals surface area contributed by atoms with E-state index >= 15 is 0 Å². The zero-order valence-corrected chi connectivity index (χ0v) is 15.7. The Morgan fingerprint density at radius 2 is 1.63 bits per heavy atom. The monoisotopic (exact) mass is 366 g/mol. The summed E-state index contributed by atoms with van der Waals surface area (Å²) in [6, 6.07) is 17.6. The molecule has 0 spiro atoms. The molecule has 1 aliphatic rings. The topological polar surface area (TPSA) is 42.0 Å². The van der Waals surface area contributed by atoms with Crippen LogP contribution in [0, 0.1) is 0 Å². The van der Waals surface area contributed by atoms with Crippen LogP contribution in [0.25, 0.3) is 6.08 Å². The zero-order chi connectivity index (χ0) is 18.9. The van der Waals surface area contributed by atoms with E-state index in [0.717, 1.165) is 32.7 Å². The lowest BCUT2D eigenvalue weighted by atomic mass is 10.2. The van der Waals surface area contributed by atoms with Crippen LogP contribution in [0.5, 0.6) is 11.5 Å². The lowest BCUT2D eigenvalue weighted by molar-refractivity contribution is -0.135. The fraction of sp³-hybridized carbons (Fsp3) is 0.318. The highest BCUT2D eigenvalue weighted by atomic mass is 16.5. The summed E-state index contributed by atoms with van der Waals surface area (Å²) in [6.45, 7) is 4.14. The van der Waals surface area contributed by atoms with Gasteiger partial charge in [-0.3, -0.25) is 9.69 Å². The summed E-state index contributed by atoms with van der Waals surface area (Å²) in [7, 11) is 1.59. The minimum atomic E-state index is 0.0142. The molecule has 1 saturated heterocycles. The van der Waals surface area contributed by atoms with Gasteiger partial charge in [0.2, 0.25) is 0 Å². The highest BCUT2D eigenvalue weighted by Crippen LogP contribution is 2.25. The third-order valence-electron chi connectivity index (χ3n) is 4.62. The Bertz CT molecular complexity index is 753. The van der Waals surface area contributed by atoms with E-state index in [4.69, 9.17) is 9.47 Å². The number of benzene rings is 2. The summed E-state index contributed by atoms with van der Waals surface area (Å²) >= 11 is 0. The summed E-state index contributed by atoms with van der Waals surface area (Å²) in [6.07, 6.45) is 4.32. The lowest BCUT2D eigenvalue weighted by Gasteiger charge is -2.34. The smallest absolute Gasteiger partial charge is 0.260 e. The van der Waals surface area contributed by atoms with E-state index in [1.807, 2.05) is 47.4 Å². The molecule has 0 unspecified atom stereocenters. The molecule has 142 valence electrons. The molecule has 2 aromatic carbocycles. The molecular weight excluding hydrogens is 340 g/mol. The van der Waals surface area contributed by atoms with Gasteiger partial charge in [-0.25, -0.2) is 0 Å². The van der Waals surface area contributed by atoms with Gasteiger partial charge in [0.15, 0.2) is 18.1 Å². The number of carbonyl (C=O) groups excluding carboxylic acids is 1. The van der Waals surface area contributed by atoms with Crippen molar-refractivity contribution in [2.75, 3.05) is 46.4 Å². The van der Waals surface area contributed by atoms with Crippen LogP contribution in [0.4, 0.5) is 0 Å². The van der Waals surface area contributed by atoms with Gasteiger partial charge in [-0.15, -0.1) is 0 Å². The summed E-state index contributed by atoms with van der Waals surface area (Å²) in [5, 5.41) is 0. The van der Waals surface area contributed by atoms with Crippen LogP contribution in [-0.4, -0.2) is 62.1 Å². The molecule has 2 aromatic rings. The van der Waals surface area contributed by atoms with Gasteiger partial charge in [0, 0.05) is 32.7 Å². The van der Waals surface area contributed by atoms with Crippen molar-refractivity contribution in [3.8, 4) is 11.5 Å². The van der Waals surface area contributed by atoms with Gasteiger partial charge in [0.1, 0.15) is 0 Å². The first-order valence-corrected chi connectivity index (χ1v) is 9.24. The Labute approximate surface area is 160 Å². The van der Waals surface area contributed by atoms with E-state index in [1.54, 1.807) is 7.11 Å². The second-order valence-corrected chi connectivity index (χ2v) is 6.43. The zero-order valence-electron chi connectivity index (χ0n) is 15.7. The average molecular weight is 366 g/mol. The molecule has 1 amide bonds. The molecule has 27 heavy (non-hydrogen) atoms. The molecule has 0 aliphatic carbocycles. The quantitative estimate of drug-likeness (QED) is 0.756. The highest BCUT2D eigenvalue weighted by Gasteiger charge is 2.21. The van der Waals surface area contributed by atoms with Gasteiger partial charge >= 0.3 is 0 Å². The van der Waals surface area contributed by atoms with E-state index < -0.39 is 0 Å². The maximum absolute atomic E-state index is 12.4. The molecule has 0 aromatic heterocycles. The predicted octanol–water partition coefficient (Wildman–Crippen LogP) is 2.93. The van der Waals surface area contributed by atoms with Gasteiger partial charge in [-0.1, -0.05) is 54.6 Å². The van der Waals surface area contributed by atoms with E-state index in [1.165, 1.54) is 5.56 Å².